The fourth-order valence-corrected chi connectivity index (χ4v) is 4.65. The Balaban J connectivity index is 1.62. The minimum absolute atomic E-state index is 0.0509. The summed E-state index contributed by atoms with van der Waals surface area (Å²) in [6.45, 7) is 7.21. The molecular formula is C19H25N3O3S2. The van der Waals surface area contributed by atoms with E-state index in [1.807, 2.05) is 5.38 Å². The van der Waals surface area contributed by atoms with Crippen molar-refractivity contribution in [3.8, 4) is 10.6 Å². The molecule has 1 fully saturated rings. The minimum Gasteiger partial charge on any atom is -0.335 e. The first-order valence-electron chi connectivity index (χ1n) is 8.95. The van der Waals surface area contributed by atoms with Gasteiger partial charge in [0, 0.05) is 49.9 Å². The molecule has 6 nitrogen and oxygen atoms in total. The van der Waals surface area contributed by atoms with Crippen molar-refractivity contribution in [2.75, 3.05) is 44.7 Å². The molecule has 27 heavy (non-hydrogen) atoms. The molecule has 0 unspecified atom stereocenters. The zero-order chi connectivity index (χ0) is 19.6. The fourth-order valence-electron chi connectivity index (χ4n) is 3.18. The lowest BCUT2D eigenvalue weighted by Crippen LogP contribution is -2.49. The van der Waals surface area contributed by atoms with Crippen molar-refractivity contribution < 1.29 is 13.2 Å². The number of aromatic nitrogens is 1. The monoisotopic (exact) mass is 407 g/mol. The lowest BCUT2D eigenvalue weighted by molar-refractivity contribution is 0.0639. The third kappa shape index (κ3) is 5.15. The van der Waals surface area contributed by atoms with Crippen LogP contribution in [0.1, 0.15) is 21.6 Å². The van der Waals surface area contributed by atoms with Crippen molar-refractivity contribution >= 4 is 27.1 Å². The van der Waals surface area contributed by atoms with Gasteiger partial charge in [-0.25, -0.2) is 13.4 Å². The van der Waals surface area contributed by atoms with E-state index in [4.69, 9.17) is 0 Å². The number of carbonyl (C=O) groups excluding carboxylic acids is 1. The van der Waals surface area contributed by atoms with Crippen LogP contribution in [0.3, 0.4) is 0 Å². The largest absolute Gasteiger partial charge is 0.335 e. The second-order valence-corrected chi connectivity index (χ2v) is 10.2. The molecule has 8 heteroatoms. The number of hydrogen-bond acceptors (Lipinski definition) is 6. The van der Waals surface area contributed by atoms with Crippen LogP contribution in [-0.4, -0.2) is 73.8 Å². The van der Waals surface area contributed by atoms with Gasteiger partial charge in [0.1, 0.15) is 20.5 Å². The van der Waals surface area contributed by atoms with E-state index in [0.29, 0.717) is 38.4 Å². The van der Waals surface area contributed by atoms with Crippen LogP contribution < -0.4 is 0 Å². The number of amides is 1. The molecule has 0 aliphatic carbocycles. The number of aryl methyl sites for hydroxylation is 2. The summed E-state index contributed by atoms with van der Waals surface area (Å²) in [6.07, 6.45) is 1.25. The van der Waals surface area contributed by atoms with Crippen molar-refractivity contribution in [1.29, 1.82) is 0 Å². The van der Waals surface area contributed by atoms with Gasteiger partial charge in [-0.05, 0) is 19.4 Å². The molecule has 1 aliphatic heterocycles. The Morgan fingerprint density at radius 2 is 1.89 bits per heavy atom. The van der Waals surface area contributed by atoms with Gasteiger partial charge in [-0.2, -0.15) is 0 Å². The molecule has 1 aliphatic rings. The molecule has 0 spiro atoms. The molecule has 3 rings (SSSR count). The molecule has 0 radical (unpaired) electrons. The van der Waals surface area contributed by atoms with Crippen molar-refractivity contribution in [3.05, 3.63) is 40.4 Å². The Hall–Kier alpha value is -1.77. The lowest BCUT2D eigenvalue weighted by atomic mass is 10.1. The predicted octanol–water partition coefficient (Wildman–Crippen LogP) is 2.23. The van der Waals surface area contributed by atoms with Crippen LogP contribution in [0.5, 0.6) is 0 Å². The van der Waals surface area contributed by atoms with Gasteiger partial charge in [0.25, 0.3) is 5.91 Å². The molecule has 2 heterocycles. The van der Waals surface area contributed by atoms with E-state index in [1.165, 1.54) is 23.2 Å². The number of hydrogen-bond donors (Lipinski definition) is 0. The zero-order valence-electron chi connectivity index (χ0n) is 15.9. The standard InChI is InChI=1S/C19H25N3O3S2/c1-14-4-5-16(15(2)12-14)18-20-17(13-26-18)19(23)22-8-6-21(7-9-22)10-11-27(3,24)25/h4-5,12-13H,6-11H2,1-3H3. The smallest absolute Gasteiger partial charge is 0.273 e. The van der Waals surface area contributed by atoms with Gasteiger partial charge in [0.15, 0.2) is 0 Å². The van der Waals surface area contributed by atoms with Crippen LogP contribution in [-0.2, 0) is 9.84 Å². The van der Waals surface area contributed by atoms with E-state index >= 15 is 0 Å². The summed E-state index contributed by atoms with van der Waals surface area (Å²) in [5, 5.41) is 2.69. The Morgan fingerprint density at radius 3 is 2.52 bits per heavy atom. The maximum Gasteiger partial charge on any atom is 0.273 e. The van der Waals surface area contributed by atoms with E-state index in [2.05, 4.69) is 41.9 Å². The van der Waals surface area contributed by atoms with Gasteiger partial charge in [-0.3, -0.25) is 9.69 Å². The zero-order valence-corrected chi connectivity index (χ0v) is 17.6. The summed E-state index contributed by atoms with van der Waals surface area (Å²) < 4.78 is 22.6. The summed E-state index contributed by atoms with van der Waals surface area (Å²) in [7, 11) is -2.96. The van der Waals surface area contributed by atoms with Crippen LogP contribution in [0.15, 0.2) is 23.6 Å². The fraction of sp³-hybridized carbons (Fsp3) is 0.474. The lowest BCUT2D eigenvalue weighted by Gasteiger charge is -2.34. The first kappa shape index (κ1) is 20.0. The van der Waals surface area contributed by atoms with Crippen molar-refractivity contribution in [1.82, 2.24) is 14.8 Å². The van der Waals surface area contributed by atoms with E-state index in [0.717, 1.165) is 16.1 Å². The number of benzene rings is 1. The normalized spacial score (nSPS) is 15.9. The quantitative estimate of drug-likeness (QED) is 0.760. The molecule has 146 valence electrons. The van der Waals surface area contributed by atoms with Crippen LogP contribution in [0.2, 0.25) is 0 Å². The number of thiazole rings is 1. The average molecular weight is 408 g/mol. The van der Waals surface area contributed by atoms with Crippen LogP contribution in [0.4, 0.5) is 0 Å². The summed E-state index contributed by atoms with van der Waals surface area (Å²) in [6, 6.07) is 6.23. The molecule has 1 saturated heterocycles. The highest BCUT2D eigenvalue weighted by molar-refractivity contribution is 7.90. The average Bonchev–Trinajstić information content (AvgIpc) is 3.09. The number of rotatable bonds is 5. The van der Waals surface area contributed by atoms with Gasteiger partial charge in [0.05, 0.1) is 5.75 Å². The second kappa shape index (κ2) is 8.08. The maximum absolute atomic E-state index is 12.8. The summed E-state index contributed by atoms with van der Waals surface area (Å²) in [5.74, 6) is 0.108. The molecule has 0 N–H and O–H groups in total. The summed E-state index contributed by atoms with van der Waals surface area (Å²) >= 11 is 1.49. The molecular weight excluding hydrogens is 382 g/mol. The molecule has 1 aromatic heterocycles. The van der Waals surface area contributed by atoms with Crippen LogP contribution in [0, 0.1) is 13.8 Å². The summed E-state index contributed by atoms with van der Waals surface area (Å²) in [4.78, 5) is 21.2. The van der Waals surface area contributed by atoms with Crippen LogP contribution >= 0.6 is 11.3 Å². The summed E-state index contributed by atoms with van der Waals surface area (Å²) in [5.41, 5.74) is 3.91. The third-order valence-electron chi connectivity index (χ3n) is 4.77. The second-order valence-electron chi connectivity index (χ2n) is 7.12. The third-order valence-corrected chi connectivity index (χ3v) is 6.57. The first-order valence-corrected chi connectivity index (χ1v) is 11.9. The van der Waals surface area contributed by atoms with Crippen molar-refractivity contribution in [3.63, 3.8) is 0 Å². The predicted molar refractivity (Wildman–Crippen MR) is 109 cm³/mol. The molecule has 1 amide bonds. The highest BCUT2D eigenvalue weighted by atomic mass is 32.2. The number of nitrogens with zero attached hydrogens (tertiary/aromatic N) is 3. The molecule has 2 aromatic rings. The first-order chi connectivity index (χ1) is 12.7. The Kier molecular flexibility index (Phi) is 5.98. The SMILES string of the molecule is Cc1ccc(-c2nc(C(=O)N3CCN(CCS(C)(=O)=O)CC3)cs2)c(C)c1. The van der Waals surface area contributed by atoms with Gasteiger partial charge in [0.2, 0.25) is 0 Å². The van der Waals surface area contributed by atoms with E-state index < -0.39 is 9.84 Å². The maximum atomic E-state index is 12.8. The van der Waals surface area contributed by atoms with Crippen molar-refractivity contribution in [2.45, 2.75) is 13.8 Å². The number of sulfone groups is 1. The van der Waals surface area contributed by atoms with Gasteiger partial charge < -0.3 is 4.90 Å². The minimum atomic E-state index is -2.96. The molecule has 1 aromatic carbocycles. The highest BCUT2D eigenvalue weighted by Gasteiger charge is 2.24. The molecule has 0 saturated carbocycles. The van der Waals surface area contributed by atoms with E-state index in [1.54, 1.807) is 4.90 Å². The van der Waals surface area contributed by atoms with Gasteiger partial charge in [-0.15, -0.1) is 11.3 Å². The van der Waals surface area contributed by atoms with E-state index in [-0.39, 0.29) is 11.7 Å². The van der Waals surface area contributed by atoms with Gasteiger partial charge in [-0.1, -0.05) is 23.8 Å². The van der Waals surface area contributed by atoms with Gasteiger partial charge >= 0.3 is 0 Å². The topological polar surface area (TPSA) is 70.6 Å². The molecule has 0 bridgehead atoms. The van der Waals surface area contributed by atoms with E-state index in [9.17, 15) is 13.2 Å². The Morgan fingerprint density at radius 1 is 1.19 bits per heavy atom. The number of carbonyl (C=O) groups is 1. The van der Waals surface area contributed by atoms with Crippen molar-refractivity contribution in [2.24, 2.45) is 0 Å². The number of piperazine rings is 1. The molecule has 0 atom stereocenters. The van der Waals surface area contributed by atoms with Crippen LogP contribution in [0.25, 0.3) is 10.6 Å². The Bertz CT molecular complexity index is 929. The Labute approximate surface area is 164 Å². The highest BCUT2D eigenvalue weighted by Crippen LogP contribution is 2.28.